The Balaban J connectivity index is 1.75. The summed E-state index contributed by atoms with van der Waals surface area (Å²) in [6.07, 6.45) is -0.889. The fourth-order valence-corrected chi connectivity index (χ4v) is 3.17. The number of Topliss-reactive ketones (excluding diaryl/α,β-unsaturated/α-hetero) is 1. The molecule has 138 valence electrons. The van der Waals surface area contributed by atoms with Gasteiger partial charge in [-0.15, -0.1) is 0 Å². The Morgan fingerprint density at radius 1 is 0.929 bits per heavy atom. The van der Waals surface area contributed by atoms with Gasteiger partial charge >= 0.3 is 0 Å². The lowest BCUT2D eigenvalue weighted by Crippen LogP contribution is -2.27. The van der Waals surface area contributed by atoms with Crippen molar-refractivity contribution < 1.29 is 14.5 Å². The summed E-state index contributed by atoms with van der Waals surface area (Å²) >= 11 is 0. The smallest absolute Gasteiger partial charge is 0.269 e. The van der Waals surface area contributed by atoms with Crippen molar-refractivity contribution in [2.24, 2.45) is 4.99 Å². The molecule has 6 nitrogen and oxygen atoms in total. The number of carbonyl (C=O) groups is 1. The normalized spacial score (nSPS) is 18.2. The van der Waals surface area contributed by atoms with Crippen LogP contribution in [0.4, 0.5) is 5.69 Å². The molecule has 0 amide bonds. The standard InChI is InChI=1S/C22H16N2O4/c25-20(15-8-3-1-4-9-15)21-19(17-12-7-13-18(14-17)24(26)27)23-22(28-21)16-10-5-2-6-11-16/h1-14,19,21H/t19-,21+/m1/s1. The summed E-state index contributed by atoms with van der Waals surface area (Å²) in [5.41, 5.74) is 1.77. The number of nitrogens with zero attached hydrogens (tertiary/aromatic N) is 2. The number of ketones is 1. The molecule has 0 spiro atoms. The third-order valence-electron chi connectivity index (χ3n) is 4.54. The quantitative estimate of drug-likeness (QED) is 0.378. The highest BCUT2D eigenvalue weighted by molar-refractivity contribution is 6.05. The van der Waals surface area contributed by atoms with Crippen molar-refractivity contribution in [1.29, 1.82) is 0 Å². The van der Waals surface area contributed by atoms with E-state index in [1.165, 1.54) is 12.1 Å². The van der Waals surface area contributed by atoms with Gasteiger partial charge in [0.25, 0.3) is 5.69 Å². The highest BCUT2D eigenvalue weighted by atomic mass is 16.6. The predicted octanol–water partition coefficient (Wildman–Crippen LogP) is 4.36. The second-order valence-corrected chi connectivity index (χ2v) is 6.37. The van der Waals surface area contributed by atoms with Crippen LogP contribution in [0.15, 0.2) is 89.9 Å². The third kappa shape index (κ3) is 3.40. The summed E-state index contributed by atoms with van der Waals surface area (Å²) in [5.74, 6) is 0.137. The second kappa shape index (κ2) is 7.44. The Morgan fingerprint density at radius 2 is 1.61 bits per heavy atom. The van der Waals surface area contributed by atoms with Gasteiger partial charge in [-0.3, -0.25) is 14.9 Å². The molecule has 0 fully saturated rings. The molecule has 0 radical (unpaired) electrons. The zero-order valence-corrected chi connectivity index (χ0v) is 14.8. The van der Waals surface area contributed by atoms with E-state index in [1.54, 1.807) is 36.4 Å². The molecule has 2 atom stereocenters. The van der Waals surface area contributed by atoms with E-state index < -0.39 is 17.1 Å². The molecule has 0 saturated heterocycles. The Morgan fingerprint density at radius 3 is 2.29 bits per heavy atom. The zero-order valence-electron chi connectivity index (χ0n) is 14.8. The van der Waals surface area contributed by atoms with E-state index in [9.17, 15) is 14.9 Å². The molecule has 0 aromatic heterocycles. The Bertz CT molecular complexity index is 1050. The molecule has 1 heterocycles. The van der Waals surface area contributed by atoms with Gasteiger partial charge < -0.3 is 4.74 Å². The minimum absolute atomic E-state index is 0.0493. The number of ether oxygens (including phenoxy) is 1. The largest absolute Gasteiger partial charge is 0.463 e. The van der Waals surface area contributed by atoms with Crippen molar-refractivity contribution in [2.45, 2.75) is 12.1 Å². The van der Waals surface area contributed by atoms with Gasteiger partial charge in [0.1, 0.15) is 6.04 Å². The van der Waals surface area contributed by atoms with Gasteiger partial charge in [0, 0.05) is 23.3 Å². The van der Waals surface area contributed by atoms with Crippen LogP contribution in [0.3, 0.4) is 0 Å². The number of carbonyl (C=O) groups excluding carboxylic acids is 1. The Hall–Kier alpha value is -3.80. The van der Waals surface area contributed by atoms with Gasteiger partial charge in [-0.05, 0) is 17.7 Å². The van der Waals surface area contributed by atoms with Crippen molar-refractivity contribution in [3.05, 3.63) is 112 Å². The monoisotopic (exact) mass is 372 g/mol. The maximum atomic E-state index is 13.1. The Labute approximate surface area is 161 Å². The van der Waals surface area contributed by atoms with Crippen molar-refractivity contribution in [2.75, 3.05) is 0 Å². The summed E-state index contributed by atoms with van der Waals surface area (Å²) in [7, 11) is 0. The van der Waals surface area contributed by atoms with E-state index in [2.05, 4.69) is 4.99 Å². The lowest BCUT2D eigenvalue weighted by atomic mass is 9.95. The lowest BCUT2D eigenvalue weighted by Gasteiger charge is -2.17. The SMILES string of the molecule is O=C(c1ccccc1)[C@H]1OC(c2ccccc2)=N[C@@H]1c1cccc([N+](=O)[O-])c1. The van der Waals surface area contributed by atoms with Crippen LogP contribution in [0.25, 0.3) is 0 Å². The summed E-state index contributed by atoms with van der Waals surface area (Å²) in [6, 6.07) is 23.6. The summed E-state index contributed by atoms with van der Waals surface area (Å²) in [5, 5.41) is 11.2. The van der Waals surface area contributed by atoms with Crippen molar-refractivity contribution in [3.63, 3.8) is 0 Å². The molecule has 0 unspecified atom stereocenters. The molecular formula is C22H16N2O4. The first-order chi connectivity index (χ1) is 13.6. The minimum Gasteiger partial charge on any atom is -0.463 e. The first kappa shape index (κ1) is 17.6. The molecule has 3 aromatic rings. The minimum atomic E-state index is -0.889. The van der Waals surface area contributed by atoms with Crippen LogP contribution in [-0.4, -0.2) is 22.7 Å². The molecule has 3 aromatic carbocycles. The van der Waals surface area contributed by atoms with Crippen LogP contribution < -0.4 is 0 Å². The molecule has 6 heteroatoms. The van der Waals surface area contributed by atoms with Crippen molar-refractivity contribution in [1.82, 2.24) is 0 Å². The van der Waals surface area contributed by atoms with Gasteiger partial charge in [-0.25, -0.2) is 4.99 Å². The van der Waals surface area contributed by atoms with Crippen LogP contribution in [0.5, 0.6) is 0 Å². The van der Waals surface area contributed by atoms with E-state index in [-0.39, 0.29) is 11.5 Å². The maximum absolute atomic E-state index is 13.1. The Kier molecular flexibility index (Phi) is 4.68. The highest BCUT2D eigenvalue weighted by Crippen LogP contribution is 2.34. The van der Waals surface area contributed by atoms with Crippen molar-refractivity contribution >= 4 is 17.4 Å². The number of benzene rings is 3. The van der Waals surface area contributed by atoms with E-state index >= 15 is 0 Å². The predicted molar refractivity (Wildman–Crippen MR) is 104 cm³/mol. The number of aliphatic imine (C=N–C) groups is 1. The van der Waals surface area contributed by atoms with Crippen LogP contribution in [0.2, 0.25) is 0 Å². The number of non-ortho nitro benzene ring substituents is 1. The number of nitro benzene ring substituents is 1. The van der Waals surface area contributed by atoms with Crippen LogP contribution in [0.1, 0.15) is 27.5 Å². The molecule has 1 aliphatic heterocycles. The lowest BCUT2D eigenvalue weighted by molar-refractivity contribution is -0.384. The number of hydrogen-bond acceptors (Lipinski definition) is 5. The molecule has 0 aliphatic carbocycles. The van der Waals surface area contributed by atoms with Gasteiger partial charge in [0.05, 0.1) is 4.92 Å². The summed E-state index contributed by atoms with van der Waals surface area (Å²) in [6.45, 7) is 0. The topological polar surface area (TPSA) is 81.8 Å². The fraction of sp³-hybridized carbons (Fsp3) is 0.0909. The first-order valence-corrected chi connectivity index (χ1v) is 8.77. The zero-order chi connectivity index (χ0) is 19.5. The van der Waals surface area contributed by atoms with E-state index in [4.69, 9.17) is 4.74 Å². The van der Waals surface area contributed by atoms with Crippen LogP contribution in [-0.2, 0) is 4.74 Å². The third-order valence-corrected chi connectivity index (χ3v) is 4.54. The second-order valence-electron chi connectivity index (χ2n) is 6.37. The molecule has 28 heavy (non-hydrogen) atoms. The van der Waals surface area contributed by atoms with Crippen LogP contribution >= 0.6 is 0 Å². The van der Waals surface area contributed by atoms with E-state index in [0.29, 0.717) is 17.0 Å². The number of nitro groups is 1. The first-order valence-electron chi connectivity index (χ1n) is 8.77. The average molecular weight is 372 g/mol. The average Bonchev–Trinajstić information content (AvgIpc) is 3.20. The van der Waals surface area contributed by atoms with Gasteiger partial charge in [-0.2, -0.15) is 0 Å². The molecule has 0 saturated carbocycles. The molecular weight excluding hydrogens is 356 g/mol. The number of hydrogen-bond donors (Lipinski definition) is 0. The molecule has 1 aliphatic rings. The highest BCUT2D eigenvalue weighted by Gasteiger charge is 2.39. The van der Waals surface area contributed by atoms with Gasteiger partial charge in [-0.1, -0.05) is 60.7 Å². The van der Waals surface area contributed by atoms with Crippen molar-refractivity contribution in [3.8, 4) is 0 Å². The van der Waals surface area contributed by atoms with Gasteiger partial charge in [0.2, 0.25) is 11.7 Å². The molecule has 0 bridgehead atoms. The summed E-state index contributed by atoms with van der Waals surface area (Å²) in [4.78, 5) is 28.4. The van der Waals surface area contributed by atoms with E-state index in [1.807, 2.05) is 36.4 Å². The maximum Gasteiger partial charge on any atom is 0.269 e. The fourth-order valence-electron chi connectivity index (χ4n) is 3.17. The molecule has 0 N–H and O–H groups in total. The van der Waals surface area contributed by atoms with E-state index in [0.717, 1.165) is 5.56 Å². The van der Waals surface area contributed by atoms with Gasteiger partial charge in [0.15, 0.2) is 6.10 Å². The van der Waals surface area contributed by atoms with Crippen LogP contribution in [0, 0.1) is 10.1 Å². The number of rotatable bonds is 5. The summed E-state index contributed by atoms with van der Waals surface area (Å²) < 4.78 is 5.96. The molecule has 4 rings (SSSR count).